The van der Waals surface area contributed by atoms with Crippen molar-refractivity contribution in [3.8, 4) is 5.75 Å². The number of ether oxygens (including phenoxy) is 1. The molecule has 3 N–H and O–H groups in total. The highest BCUT2D eigenvalue weighted by atomic mass is 16.5. The minimum absolute atomic E-state index is 0.283. The lowest BCUT2D eigenvalue weighted by Crippen LogP contribution is -2.33. The number of hydrogen-bond acceptors (Lipinski definition) is 7. The number of nitrogens with zero attached hydrogens (tertiary/aromatic N) is 3. The van der Waals surface area contributed by atoms with Crippen LogP contribution in [0.2, 0.25) is 0 Å². The second-order valence-corrected chi connectivity index (χ2v) is 6.14. The van der Waals surface area contributed by atoms with E-state index < -0.39 is 6.10 Å². The molecule has 1 saturated heterocycles. The average Bonchev–Trinajstić information content (AvgIpc) is 3.13. The number of benzene rings is 1. The Morgan fingerprint density at radius 1 is 1.28 bits per heavy atom. The van der Waals surface area contributed by atoms with E-state index in [0.29, 0.717) is 18.2 Å². The van der Waals surface area contributed by atoms with Crippen LogP contribution >= 0.6 is 0 Å². The predicted molar refractivity (Wildman–Crippen MR) is 98.5 cm³/mol. The molecule has 2 aromatic rings. The quantitative estimate of drug-likeness (QED) is 0.677. The van der Waals surface area contributed by atoms with Gasteiger partial charge in [0, 0.05) is 31.5 Å². The molecule has 3 rings (SSSR count). The van der Waals surface area contributed by atoms with Gasteiger partial charge in [0.25, 0.3) is 0 Å². The van der Waals surface area contributed by atoms with Crippen molar-refractivity contribution in [2.24, 2.45) is 0 Å². The number of aliphatic hydroxyl groups is 1. The molecule has 0 amide bonds. The number of hydrogen-bond donors (Lipinski definition) is 3. The van der Waals surface area contributed by atoms with E-state index in [1.165, 1.54) is 12.8 Å². The van der Waals surface area contributed by atoms with E-state index in [2.05, 4.69) is 25.5 Å². The van der Waals surface area contributed by atoms with Crippen molar-refractivity contribution in [2.45, 2.75) is 18.9 Å². The van der Waals surface area contributed by atoms with E-state index in [4.69, 9.17) is 4.74 Å². The predicted octanol–water partition coefficient (Wildman–Crippen LogP) is 2.10. The normalized spacial score (nSPS) is 15.8. The average molecular weight is 343 g/mol. The van der Waals surface area contributed by atoms with Gasteiger partial charge in [-0.3, -0.25) is 0 Å². The molecule has 7 nitrogen and oxygen atoms in total. The maximum Gasteiger partial charge on any atom is 0.229 e. The summed E-state index contributed by atoms with van der Waals surface area (Å²) in [6.07, 6.45) is 3.65. The number of rotatable bonds is 8. The fraction of sp³-hybridized carbons (Fsp3) is 0.444. The number of aliphatic hydroxyl groups excluding tert-OH is 1. The van der Waals surface area contributed by atoms with E-state index in [1.54, 1.807) is 12.3 Å². The van der Waals surface area contributed by atoms with Gasteiger partial charge in [-0.15, -0.1) is 0 Å². The summed E-state index contributed by atoms with van der Waals surface area (Å²) < 4.78 is 5.73. The number of aromatic nitrogens is 2. The van der Waals surface area contributed by atoms with Crippen LogP contribution in [-0.4, -0.2) is 59.4 Å². The summed E-state index contributed by atoms with van der Waals surface area (Å²) in [6, 6.07) is 9.36. The Morgan fingerprint density at radius 2 is 2.12 bits per heavy atom. The Bertz CT molecular complexity index is 676. The molecule has 1 unspecified atom stereocenters. The minimum Gasteiger partial charge on any atom is -0.491 e. The molecule has 1 aliphatic heterocycles. The van der Waals surface area contributed by atoms with Crippen LogP contribution in [0.3, 0.4) is 0 Å². The number of nitrogens with one attached hydrogen (secondary N) is 2. The van der Waals surface area contributed by atoms with Crippen molar-refractivity contribution in [1.82, 2.24) is 14.9 Å². The lowest BCUT2D eigenvalue weighted by Gasteiger charge is -2.19. The van der Waals surface area contributed by atoms with Gasteiger partial charge >= 0.3 is 0 Å². The Kier molecular flexibility index (Phi) is 6.03. The van der Waals surface area contributed by atoms with Crippen LogP contribution < -0.4 is 15.4 Å². The van der Waals surface area contributed by atoms with Crippen LogP contribution in [0.25, 0.3) is 0 Å². The Balaban J connectivity index is 1.53. The second kappa shape index (κ2) is 8.64. The zero-order valence-corrected chi connectivity index (χ0v) is 14.5. The lowest BCUT2D eigenvalue weighted by molar-refractivity contribution is 0.0758. The van der Waals surface area contributed by atoms with Gasteiger partial charge in [-0.2, -0.15) is 4.98 Å². The molecule has 7 heteroatoms. The fourth-order valence-electron chi connectivity index (χ4n) is 2.86. The molecule has 1 aromatic carbocycles. The maximum absolute atomic E-state index is 10.1. The monoisotopic (exact) mass is 343 g/mol. The summed E-state index contributed by atoms with van der Waals surface area (Å²) in [6.45, 7) is 3.10. The van der Waals surface area contributed by atoms with Crippen molar-refractivity contribution in [3.05, 3.63) is 36.5 Å². The van der Waals surface area contributed by atoms with E-state index in [0.717, 1.165) is 24.6 Å². The molecular formula is C18H25N5O2. The van der Waals surface area contributed by atoms with E-state index in [9.17, 15) is 5.11 Å². The van der Waals surface area contributed by atoms with Gasteiger partial charge in [-0.1, -0.05) is 6.07 Å². The minimum atomic E-state index is -0.481. The van der Waals surface area contributed by atoms with Crippen molar-refractivity contribution >= 4 is 17.5 Å². The molecule has 1 fully saturated rings. The molecule has 25 heavy (non-hydrogen) atoms. The van der Waals surface area contributed by atoms with Gasteiger partial charge in [0.05, 0.1) is 0 Å². The van der Waals surface area contributed by atoms with E-state index >= 15 is 0 Å². The molecule has 2 heterocycles. The summed E-state index contributed by atoms with van der Waals surface area (Å²) in [5, 5.41) is 16.3. The largest absolute Gasteiger partial charge is 0.491 e. The van der Waals surface area contributed by atoms with Crippen LogP contribution in [0.5, 0.6) is 5.75 Å². The first-order chi connectivity index (χ1) is 12.2. The third-order valence-electron chi connectivity index (χ3n) is 4.11. The first kappa shape index (κ1) is 17.4. The standard InChI is InChI=1S/C18H25N5O2/c1-19-17-7-8-20-18(22-17)21-14-5-4-6-16(11-14)25-13-15(24)12-23-9-2-3-10-23/h4-8,11,15,24H,2-3,9-10,12-13H2,1H3,(H2,19,20,21,22). The first-order valence-electron chi connectivity index (χ1n) is 8.64. The highest BCUT2D eigenvalue weighted by molar-refractivity contribution is 5.56. The number of anilines is 3. The van der Waals surface area contributed by atoms with Crippen LogP contribution in [0, 0.1) is 0 Å². The fourth-order valence-corrected chi connectivity index (χ4v) is 2.86. The highest BCUT2D eigenvalue weighted by Crippen LogP contribution is 2.20. The van der Waals surface area contributed by atoms with Crippen molar-refractivity contribution < 1.29 is 9.84 Å². The van der Waals surface area contributed by atoms with E-state index in [1.807, 2.05) is 31.3 Å². The number of β-amino-alcohol motifs (C(OH)–C–C–N with tert-alkyl or cyclic N) is 1. The van der Waals surface area contributed by atoms with Crippen molar-refractivity contribution in [1.29, 1.82) is 0 Å². The molecule has 0 spiro atoms. The third kappa shape index (κ3) is 5.30. The van der Waals surface area contributed by atoms with Gasteiger partial charge in [0.1, 0.15) is 24.3 Å². The third-order valence-corrected chi connectivity index (χ3v) is 4.11. The number of likely N-dealkylation sites (tertiary alicyclic amines) is 1. The highest BCUT2D eigenvalue weighted by Gasteiger charge is 2.16. The van der Waals surface area contributed by atoms with Crippen molar-refractivity contribution in [2.75, 3.05) is 43.9 Å². The van der Waals surface area contributed by atoms with Crippen LogP contribution in [0.1, 0.15) is 12.8 Å². The van der Waals surface area contributed by atoms with E-state index in [-0.39, 0.29) is 6.61 Å². The van der Waals surface area contributed by atoms with Crippen LogP contribution in [-0.2, 0) is 0 Å². The molecule has 0 aliphatic carbocycles. The molecule has 0 bridgehead atoms. The smallest absolute Gasteiger partial charge is 0.229 e. The van der Waals surface area contributed by atoms with Crippen LogP contribution in [0.4, 0.5) is 17.5 Å². The molecular weight excluding hydrogens is 318 g/mol. The summed E-state index contributed by atoms with van der Waals surface area (Å²) >= 11 is 0. The molecule has 1 aromatic heterocycles. The Labute approximate surface area is 148 Å². The summed E-state index contributed by atoms with van der Waals surface area (Å²) in [7, 11) is 1.81. The summed E-state index contributed by atoms with van der Waals surface area (Å²) in [5.41, 5.74) is 0.833. The lowest BCUT2D eigenvalue weighted by atomic mass is 10.3. The van der Waals surface area contributed by atoms with Crippen molar-refractivity contribution in [3.63, 3.8) is 0 Å². The first-order valence-corrected chi connectivity index (χ1v) is 8.64. The van der Waals surface area contributed by atoms with Crippen LogP contribution in [0.15, 0.2) is 36.5 Å². The summed E-state index contributed by atoms with van der Waals surface area (Å²) in [4.78, 5) is 10.8. The molecule has 134 valence electrons. The van der Waals surface area contributed by atoms with Gasteiger partial charge < -0.3 is 25.4 Å². The van der Waals surface area contributed by atoms with Gasteiger partial charge in [-0.25, -0.2) is 4.98 Å². The zero-order valence-electron chi connectivity index (χ0n) is 14.5. The molecule has 0 radical (unpaired) electrons. The van der Waals surface area contributed by atoms with Gasteiger partial charge in [-0.05, 0) is 44.1 Å². The maximum atomic E-state index is 10.1. The molecule has 0 saturated carbocycles. The second-order valence-electron chi connectivity index (χ2n) is 6.14. The Hall–Kier alpha value is -2.38. The van der Waals surface area contributed by atoms with Gasteiger partial charge in [0.2, 0.25) is 5.95 Å². The summed E-state index contributed by atoms with van der Waals surface area (Å²) in [5.74, 6) is 1.96. The Morgan fingerprint density at radius 3 is 2.92 bits per heavy atom. The van der Waals surface area contributed by atoms with Gasteiger partial charge in [0.15, 0.2) is 0 Å². The molecule has 1 atom stereocenters. The zero-order chi connectivity index (χ0) is 17.5. The SMILES string of the molecule is CNc1ccnc(Nc2cccc(OCC(O)CN3CCCC3)c2)n1. The topological polar surface area (TPSA) is 82.5 Å². The molecule has 1 aliphatic rings.